The fourth-order valence-corrected chi connectivity index (χ4v) is 3.80. The van der Waals surface area contributed by atoms with E-state index < -0.39 is 126 Å². The van der Waals surface area contributed by atoms with Crippen molar-refractivity contribution in [1.29, 1.82) is 0 Å². The predicted octanol–water partition coefficient (Wildman–Crippen LogP) is 9.34. The maximum Gasteiger partial charge on any atom is 0.422 e. The summed E-state index contributed by atoms with van der Waals surface area (Å²) < 4.78 is 248. The molecule has 0 aliphatic heterocycles. The fraction of sp³-hybridized carbons (Fsp3) is 0.100. The number of halogens is 18. The molecule has 0 atom stereocenters. The van der Waals surface area contributed by atoms with Crippen molar-refractivity contribution >= 4 is 11.8 Å². The Morgan fingerprint density at radius 1 is 0.350 bits per heavy atom. The highest BCUT2D eigenvalue weighted by molar-refractivity contribution is 7.99. The van der Waals surface area contributed by atoms with E-state index in [1.54, 1.807) is 0 Å². The molecule has 0 aliphatic carbocycles. The third-order valence-electron chi connectivity index (χ3n) is 4.60. The molecule has 20 heteroatoms. The van der Waals surface area contributed by atoms with Crippen LogP contribution in [0.25, 0.3) is 0 Å². The first-order valence-corrected chi connectivity index (χ1v) is 10.0. The monoisotopic (exact) mass is 630 g/mol. The molecule has 0 aromatic heterocycles. The second kappa shape index (κ2) is 10.2. The van der Waals surface area contributed by atoms with Crippen molar-refractivity contribution < 1.29 is 83.8 Å². The largest absolute Gasteiger partial charge is 0.444 e. The molecule has 0 saturated heterocycles. The molecular formula is C20F18OS. The van der Waals surface area contributed by atoms with E-state index in [0.717, 1.165) is 0 Å². The van der Waals surface area contributed by atoms with Crippen LogP contribution in [0.5, 0.6) is 11.5 Å². The predicted molar refractivity (Wildman–Crippen MR) is 93.0 cm³/mol. The number of ether oxygens (including phenoxy) is 1. The van der Waals surface area contributed by atoms with Gasteiger partial charge in [-0.15, -0.1) is 0 Å². The Labute approximate surface area is 210 Å². The van der Waals surface area contributed by atoms with Gasteiger partial charge in [-0.05, 0) is 0 Å². The van der Waals surface area contributed by atoms with Crippen molar-refractivity contribution in [3.05, 3.63) is 80.9 Å². The Bertz CT molecular complexity index is 1340. The lowest BCUT2D eigenvalue weighted by atomic mass is 10.1. The van der Waals surface area contributed by atoms with Crippen molar-refractivity contribution in [1.82, 2.24) is 0 Å². The van der Waals surface area contributed by atoms with E-state index in [4.69, 9.17) is 0 Å². The van der Waals surface area contributed by atoms with Gasteiger partial charge >= 0.3 is 12.4 Å². The molecule has 0 radical (unpaired) electrons. The Kier molecular flexibility index (Phi) is 7.91. The number of hydrogen-bond acceptors (Lipinski definition) is 2. The topological polar surface area (TPSA) is 9.23 Å². The summed E-state index contributed by atoms with van der Waals surface area (Å²) in [5.74, 6) is -41.9. The van der Waals surface area contributed by atoms with Gasteiger partial charge in [-0.3, -0.25) is 0 Å². The lowest BCUT2D eigenvalue weighted by molar-refractivity contribution is -0.144. The van der Waals surface area contributed by atoms with E-state index >= 15 is 0 Å². The van der Waals surface area contributed by atoms with Gasteiger partial charge in [0.1, 0.15) is 11.1 Å². The van der Waals surface area contributed by atoms with Crippen LogP contribution in [0, 0.1) is 69.8 Å². The van der Waals surface area contributed by atoms with E-state index in [1.165, 1.54) is 0 Å². The summed E-state index contributed by atoms with van der Waals surface area (Å²) in [4.78, 5) is -4.62. The number of rotatable bonds is 4. The summed E-state index contributed by atoms with van der Waals surface area (Å²) in [6.07, 6.45) is -12.1. The number of alkyl halides is 6. The highest BCUT2D eigenvalue weighted by Crippen LogP contribution is 2.46. The van der Waals surface area contributed by atoms with Crippen LogP contribution in [0.4, 0.5) is 79.0 Å². The van der Waals surface area contributed by atoms with Gasteiger partial charge in [-0.2, -0.15) is 43.9 Å². The highest BCUT2D eigenvalue weighted by atomic mass is 32.2. The van der Waals surface area contributed by atoms with E-state index in [1.807, 2.05) is 0 Å². The van der Waals surface area contributed by atoms with Crippen LogP contribution in [0.3, 0.4) is 0 Å². The Morgan fingerprint density at radius 3 is 0.850 bits per heavy atom. The first-order chi connectivity index (χ1) is 18.1. The number of hydrogen-bond donors (Lipinski definition) is 0. The minimum Gasteiger partial charge on any atom is -0.444 e. The van der Waals surface area contributed by atoms with Gasteiger partial charge < -0.3 is 4.74 Å². The molecule has 0 saturated carbocycles. The van der Waals surface area contributed by atoms with E-state index in [0.29, 0.717) is 0 Å². The van der Waals surface area contributed by atoms with Crippen LogP contribution < -0.4 is 4.74 Å². The molecule has 0 amide bonds. The smallest absolute Gasteiger partial charge is 0.422 e. The zero-order valence-electron chi connectivity index (χ0n) is 17.6. The first-order valence-electron chi connectivity index (χ1n) is 9.22. The molecule has 218 valence electrons. The lowest BCUT2D eigenvalue weighted by Crippen LogP contribution is -2.16. The summed E-state index contributed by atoms with van der Waals surface area (Å²) in [5, 5.41) is 0. The summed E-state index contributed by atoms with van der Waals surface area (Å²) in [6.45, 7) is 0. The summed E-state index contributed by atoms with van der Waals surface area (Å²) in [7, 11) is 0. The zero-order valence-corrected chi connectivity index (χ0v) is 18.4. The first kappa shape index (κ1) is 31.1. The Hall–Kier alpha value is -3.45. The average Bonchev–Trinajstić information content (AvgIpc) is 2.83. The van der Waals surface area contributed by atoms with Crippen LogP contribution in [0.2, 0.25) is 0 Å². The van der Waals surface area contributed by atoms with Gasteiger partial charge in [0.25, 0.3) is 0 Å². The van der Waals surface area contributed by atoms with Crippen molar-refractivity contribution in [3.8, 4) is 11.5 Å². The van der Waals surface area contributed by atoms with Crippen LogP contribution in [0.1, 0.15) is 11.1 Å². The van der Waals surface area contributed by atoms with Crippen LogP contribution in [-0.4, -0.2) is 0 Å². The van der Waals surface area contributed by atoms with Crippen LogP contribution in [0.15, 0.2) is 9.79 Å². The summed E-state index contributed by atoms with van der Waals surface area (Å²) >= 11 is -1.28. The van der Waals surface area contributed by atoms with Crippen molar-refractivity contribution in [2.24, 2.45) is 0 Å². The number of benzene rings is 3. The quantitative estimate of drug-likeness (QED) is 0.210. The highest BCUT2D eigenvalue weighted by Gasteiger charge is 2.45. The second-order valence-electron chi connectivity index (χ2n) is 7.03. The van der Waals surface area contributed by atoms with E-state index in [9.17, 15) is 79.0 Å². The standard InChI is InChI=1S/C20F18OS/c21-3-1(19(33,34)35)4(22)8(26)15(7(3)25)39-16-9(27)13(31)18(14(32)10(16)28)40-17-11(29)5(23)2(20(36,37)38)6(24)12(17)30. The van der Waals surface area contributed by atoms with Crippen molar-refractivity contribution in [3.63, 3.8) is 0 Å². The second-order valence-corrected chi connectivity index (χ2v) is 8.05. The van der Waals surface area contributed by atoms with Gasteiger partial charge in [-0.1, -0.05) is 11.8 Å². The molecule has 40 heavy (non-hydrogen) atoms. The van der Waals surface area contributed by atoms with Gasteiger partial charge in [0.2, 0.25) is 34.8 Å². The molecule has 1 nitrogen and oxygen atoms in total. The zero-order chi connectivity index (χ0) is 30.8. The average molecular weight is 630 g/mol. The molecule has 0 unspecified atom stereocenters. The normalized spacial score (nSPS) is 12.3. The van der Waals surface area contributed by atoms with Gasteiger partial charge in [-0.25, -0.2) is 35.1 Å². The fourth-order valence-electron chi connectivity index (χ4n) is 2.87. The molecule has 0 spiro atoms. The summed E-state index contributed by atoms with van der Waals surface area (Å²) in [5.41, 5.74) is -6.31. The van der Waals surface area contributed by atoms with Gasteiger partial charge in [0.15, 0.2) is 46.5 Å². The van der Waals surface area contributed by atoms with Crippen molar-refractivity contribution in [2.45, 2.75) is 22.1 Å². The molecule has 0 fully saturated rings. The lowest BCUT2D eigenvalue weighted by Gasteiger charge is -2.17. The third kappa shape index (κ3) is 4.96. The van der Waals surface area contributed by atoms with Gasteiger partial charge in [0.05, 0.1) is 9.79 Å². The third-order valence-corrected chi connectivity index (χ3v) is 5.73. The van der Waals surface area contributed by atoms with E-state index in [-0.39, 0.29) is 0 Å². The van der Waals surface area contributed by atoms with Crippen molar-refractivity contribution in [2.75, 3.05) is 0 Å². The molecule has 0 heterocycles. The maximum absolute atomic E-state index is 14.4. The Balaban J connectivity index is 2.19. The molecular weight excluding hydrogens is 630 g/mol. The SMILES string of the molecule is Fc1c(F)c(Sc2c(F)c(F)c(C(F)(F)F)c(F)c2F)c(F)c(F)c1Oc1c(F)c(F)c(C(F)(F)F)c(F)c1F. The minimum absolute atomic E-state index is 1.28. The molecule has 3 rings (SSSR count). The molecule has 0 aliphatic rings. The van der Waals surface area contributed by atoms with Gasteiger partial charge in [0, 0.05) is 0 Å². The molecule has 0 bridgehead atoms. The maximum atomic E-state index is 14.4. The van der Waals surface area contributed by atoms with Crippen LogP contribution in [-0.2, 0) is 12.4 Å². The molecule has 3 aromatic rings. The van der Waals surface area contributed by atoms with Crippen LogP contribution >= 0.6 is 11.8 Å². The molecule has 0 N–H and O–H groups in total. The molecule has 3 aromatic carbocycles. The minimum atomic E-state index is -6.08. The Morgan fingerprint density at radius 2 is 0.575 bits per heavy atom. The van der Waals surface area contributed by atoms with E-state index in [2.05, 4.69) is 4.74 Å². The summed E-state index contributed by atoms with van der Waals surface area (Å²) in [6, 6.07) is 0.